The summed E-state index contributed by atoms with van der Waals surface area (Å²) in [5.74, 6) is 0. The largest absolute Gasteiger partial charge is 0.331 e. The predicted molar refractivity (Wildman–Crippen MR) is 65.3 cm³/mol. The zero-order valence-corrected chi connectivity index (χ0v) is 10.3. The van der Waals surface area contributed by atoms with Crippen molar-refractivity contribution in [2.45, 2.75) is 10.1 Å². The smallest absolute Gasteiger partial charge is 0.291 e. The summed E-state index contributed by atoms with van der Waals surface area (Å²) in [6.07, 6.45) is 1.67. The summed E-state index contributed by atoms with van der Waals surface area (Å²) < 4.78 is 2.50. The Bertz CT molecular complexity index is 646. The second kappa shape index (κ2) is 4.58. The van der Waals surface area contributed by atoms with Crippen LogP contribution in [0.2, 0.25) is 0 Å². The van der Waals surface area contributed by atoms with Crippen molar-refractivity contribution in [2.75, 3.05) is 0 Å². The second-order valence-corrected chi connectivity index (χ2v) is 4.53. The highest BCUT2D eigenvalue weighted by Crippen LogP contribution is 2.22. The fourth-order valence-corrected chi connectivity index (χ4v) is 2.17. The first kappa shape index (κ1) is 11.7. The quantitative estimate of drug-likeness (QED) is 0.733. The molecule has 0 aliphatic heterocycles. The molecule has 88 valence electrons. The van der Waals surface area contributed by atoms with Crippen LogP contribution in [0.5, 0.6) is 0 Å². The SMILES string of the molecule is Cn1c(Sc2ccccn2)cc(=O)n(C)c1=O. The maximum atomic E-state index is 11.7. The van der Waals surface area contributed by atoms with Gasteiger partial charge in [-0.1, -0.05) is 17.8 Å². The van der Waals surface area contributed by atoms with E-state index in [0.29, 0.717) is 5.03 Å². The van der Waals surface area contributed by atoms with Crippen LogP contribution in [0.25, 0.3) is 0 Å². The first-order valence-corrected chi connectivity index (χ1v) is 5.77. The molecule has 0 saturated carbocycles. The minimum absolute atomic E-state index is 0.313. The van der Waals surface area contributed by atoms with E-state index in [1.165, 1.54) is 29.4 Å². The molecule has 0 aliphatic carbocycles. The molecule has 0 radical (unpaired) electrons. The topological polar surface area (TPSA) is 56.9 Å². The van der Waals surface area contributed by atoms with Crippen LogP contribution in [0.15, 0.2) is 50.1 Å². The average molecular weight is 249 g/mol. The maximum Gasteiger partial charge on any atom is 0.331 e. The van der Waals surface area contributed by atoms with E-state index in [1.807, 2.05) is 18.2 Å². The third kappa shape index (κ3) is 2.31. The van der Waals surface area contributed by atoms with Crippen molar-refractivity contribution < 1.29 is 0 Å². The van der Waals surface area contributed by atoms with E-state index in [2.05, 4.69) is 4.98 Å². The highest BCUT2D eigenvalue weighted by Gasteiger charge is 2.07. The van der Waals surface area contributed by atoms with Gasteiger partial charge in [-0.3, -0.25) is 13.9 Å². The van der Waals surface area contributed by atoms with Crippen LogP contribution < -0.4 is 11.2 Å². The Balaban J connectivity index is 2.48. The van der Waals surface area contributed by atoms with Crippen molar-refractivity contribution in [3.05, 3.63) is 51.3 Å². The Labute approximate surface area is 102 Å². The standard InChI is InChI=1S/C11H11N3O2S/c1-13-9(15)7-10(14(2)11(13)16)17-8-5-3-4-6-12-8/h3-7H,1-2H3. The molecule has 2 heterocycles. The summed E-state index contributed by atoms with van der Waals surface area (Å²) in [6, 6.07) is 6.93. The van der Waals surface area contributed by atoms with Crippen LogP contribution in [0, 0.1) is 0 Å². The fourth-order valence-electron chi connectivity index (χ4n) is 1.33. The first-order valence-electron chi connectivity index (χ1n) is 4.95. The molecule has 0 atom stereocenters. The van der Waals surface area contributed by atoms with Crippen molar-refractivity contribution in [1.29, 1.82) is 0 Å². The van der Waals surface area contributed by atoms with Gasteiger partial charge < -0.3 is 0 Å². The van der Waals surface area contributed by atoms with Crippen molar-refractivity contribution >= 4 is 11.8 Å². The summed E-state index contributed by atoms with van der Waals surface area (Å²) in [4.78, 5) is 27.3. The number of pyridine rings is 1. The van der Waals surface area contributed by atoms with E-state index in [0.717, 1.165) is 9.59 Å². The zero-order chi connectivity index (χ0) is 12.4. The van der Waals surface area contributed by atoms with Gasteiger partial charge >= 0.3 is 5.69 Å². The number of hydrogen-bond donors (Lipinski definition) is 0. The van der Waals surface area contributed by atoms with Crippen LogP contribution in [0.1, 0.15) is 0 Å². The lowest BCUT2D eigenvalue weighted by atomic mass is 10.5. The molecule has 2 aromatic heterocycles. The van der Waals surface area contributed by atoms with Crippen LogP contribution in [-0.2, 0) is 14.1 Å². The molecule has 2 aromatic rings. The van der Waals surface area contributed by atoms with Gasteiger partial charge in [0, 0.05) is 26.4 Å². The molecule has 0 N–H and O–H groups in total. The van der Waals surface area contributed by atoms with Gasteiger partial charge in [0.15, 0.2) is 0 Å². The second-order valence-electron chi connectivity index (χ2n) is 3.49. The van der Waals surface area contributed by atoms with Crippen molar-refractivity contribution in [2.24, 2.45) is 14.1 Å². The fraction of sp³-hybridized carbons (Fsp3) is 0.182. The van der Waals surface area contributed by atoms with Crippen LogP contribution in [0.4, 0.5) is 0 Å². The van der Waals surface area contributed by atoms with Gasteiger partial charge in [-0.2, -0.15) is 0 Å². The summed E-state index contributed by atoms with van der Waals surface area (Å²) in [5, 5.41) is 1.33. The number of aromatic nitrogens is 3. The van der Waals surface area contributed by atoms with Gasteiger partial charge in [-0.15, -0.1) is 0 Å². The van der Waals surface area contributed by atoms with Gasteiger partial charge in [0.25, 0.3) is 5.56 Å². The van der Waals surface area contributed by atoms with Gasteiger partial charge in [0.05, 0.1) is 5.03 Å². The summed E-state index contributed by atoms with van der Waals surface area (Å²) in [6.45, 7) is 0. The van der Waals surface area contributed by atoms with Crippen LogP contribution in [0.3, 0.4) is 0 Å². The van der Waals surface area contributed by atoms with E-state index >= 15 is 0 Å². The lowest BCUT2D eigenvalue weighted by molar-refractivity contribution is 0.635. The van der Waals surface area contributed by atoms with Gasteiger partial charge in [-0.25, -0.2) is 9.78 Å². The van der Waals surface area contributed by atoms with E-state index in [-0.39, 0.29) is 11.2 Å². The maximum absolute atomic E-state index is 11.7. The highest BCUT2D eigenvalue weighted by molar-refractivity contribution is 7.99. The molecular weight excluding hydrogens is 238 g/mol. The molecule has 6 heteroatoms. The molecule has 5 nitrogen and oxygen atoms in total. The normalized spacial score (nSPS) is 10.5. The molecule has 0 amide bonds. The van der Waals surface area contributed by atoms with E-state index < -0.39 is 0 Å². The summed E-state index contributed by atoms with van der Waals surface area (Å²) in [7, 11) is 3.09. The van der Waals surface area contributed by atoms with Crippen molar-refractivity contribution in [3.63, 3.8) is 0 Å². The Morgan fingerprint density at radius 2 is 1.94 bits per heavy atom. The Kier molecular flexibility index (Phi) is 3.14. The summed E-state index contributed by atoms with van der Waals surface area (Å²) >= 11 is 1.29. The minimum Gasteiger partial charge on any atom is -0.291 e. The van der Waals surface area contributed by atoms with Crippen LogP contribution >= 0.6 is 11.8 Å². The zero-order valence-electron chi connectivity index (χ0n) is 9.45. The predicted octanol–water partition coefficient (Wildman–Crippen LogP) is 0.630. The Morgan fingerprint density at radius 3 is 2.59 bits per heavy atom. The Morgan fingerprint density at radius 1 is 1.18 bits per heavy atom. The Hall–Kier alpha value is -1.82. The van der Waals surface area contributed by atoms with E-state index in [9.17, 15) is 9.59 Å². The number of rotatable bonds is 2. The molecule has 0 unspecified atom stereocenters. The van der Waals surface area contributed by atoms with Gasteiger partial charge in [-0.05, 0) is 12.1 Å². The average Bonchev–Trinajstić information content (AvgIpc) is 2.35. The summed E-state index contributed by atoms with van der Waals surface area (Å²) in [5.41, 5.74) is -0.650. The third-order valence-electron chi connectivity index (χ3n) is 2.33. The lowest BCUT2D eigenvalue weighted by Gasteiger charge is -2.07. The molecule has 0 aromatic carbocycles. The molecule has 0 aliphatic rings. The van der Waals surface area contributed by atoms with Crippen molar-refractivity contribution in [3.8, 4) is 0 Å². The van der Waals surface area contributed by atoms with Crippen molar-refractivity contribution in [1.82, 2.24) is 14.1 Å². The number of nitrogens with zero attached hydrogens (tertiary/aromatic N) is 3. The number of hydrogen-bond acceptors (Lipinski definition) is 4. The minimum atomic E-state index is -0.337. The molecule has 0 fully saturated rings. The monoisotopic (exact) mass is 249 g/mol. The van der Waals surface area contributed by atoms with Crippen LogP contribution in [-0.4, -0.2) is 14.1 Å². The third-order valence-corrected chi connectivity index (χ3v) is 3.38. The first-order chi connectivity index (χ1) is 8.09. The van der Waals surface area contributed by atoms with E-state index in [4.69, 9.17) is 0 Å². The molecular formula is C11H11N3O2S. The lowest BCUT2D eigenvalue weighted by Crippen LogP contribution is -2.36. The van der Waals surface area contributed by atoms with E-state index in [1.54, 1.807) is 13.2 Å². The molecule has 2 rings (SSSR count). The molecule has 0 bridgehead atoms. The molecule has 17 heavy (non-hydrogen) atoms. The van der Waals surface area contributed by atoms with Gasteiger partial charge in [0.1, 0.15) is 5.03 Å². The molecule has 0 spiro atoms. The van der Waals surface area contributed by atoms with Gasteiger partial charge in [0.2, 0.25) is 0 Å². The molecule has 0 saturated heterocycles. The highest BCUT2D eigenvalue weighted by atomic mass is 32.2.